The van der Waals surface area contributed by atoms with Crippen LogP contribution in [0.4, 0.5) is 0 Å². The molecule has 0 aliphatic heterocycles. The smallest absolute Gasteiger partial charge is 0.190 e. The van der Waals surface area contributed by atoms with Crippen molar-refractivity contribution in [1.29, 1.82) is 0 Å². The lowest BCUT2D eigenvalue weighted by Gasteiger charge is -2.09. The van der Waals surface area contributed by atoms with Gasteiger partial charge in [0, 0.05) is 32.1 Å². The third-order valence-electron chi connectivity index (χ3n) is 3.14. The molecule has 114 valence electrons. The Morgan fingerprint density at radius 1 is 1.14 bits per heavy atom. The average Bonchev–Trinajstić information content (AvgIpc) is 2.51. The summed E-state index contributed by atoms with van der Waals surface area (Å²) < 4.78 is 0. The van der Waals surface area contributed by atoms with E-state index in [0.717, 1.165) is 24.0 Å². The number of hydrogen-bond donors (Lipinski definition) is 2. The van der Waals surface area contributed by atoms with E-state index in [9.17, 15) is 0 Å². The van der Waals surface area contributed by atoms with Crippen LogP contribution >= 0.6 is 35.7 Å². The summed E-state index contributed by atoms with van der Waals surface area (Å²) in [5.41, 5.74) is 1.41. The van der Waals surface area contributed by atoms with Crippen LogP contribution in [0, 0.1) is 0 Å². The summed E-state index contributed by atoms with van der Waals surface area (Å²) in [6.07, 6.45) is 0. The molecule has 0 radical (unpaired) electrons. The first-order valence-corrected chi connectivity index (χ1v) is 7.93. The molecule has 0 unspecified atom stereocenters. The minimum absolute atomic E-state index is 0. The van der Waals surface area contributed by atoms with Crippen LogP contribution in [0.15, 0.2) is 47.5 Å². The van der Waals surface area contributed by atoms with Gasteiger partial charge in [0.25, 0.3) is 0 Å². The highest BCUT2D eigenvalue weighted by Gasteiger charge is 2.00. The molecular formula is C16H22IN3S. The van der Waals surface area contributed by atoms with Gasteiger partial charge >= 0.3 is 0 Å². The molecule has 0 amide bonds. The van der Waals surface area contributed by atoms with E-state index in [1.54, 1.807) is 7.05 Å². The summed E-state index contributed by atoms with van der Waals surface area (Å²) in [4.78, 5) is 4.09. The topological polar surface area (TPSA) is 36.4 Å². The van der Waals surface area contributed by atoms with E-state index < -0.39 is 0 Å². The van der Waals surface area contributed by atoms with Crippen LogP contribution in [-0.4, -0.2) is 32.4 Å². The molecule has 0 saturated heterocycles. The van der Waals surface area contributed by atoms with Crippen molar-refractivity contribution >= 4 is 52.5 Å². The van der Waals surface area contributed by atoms with Crippen molar-refractivity contribution in [2.45, 2.75) is 5.75 Å². The number of halogens is 1. The van der Waals surface area contributed by atoms with Gasteiger partial charge in [-0.15, -0.1) is 24.0 Å². The van der Waals surface area contributed by atoms with Crippen LogP contribution in [0.2, 0.25) is 0 Å². The molecule has 0 aliphatic rings. The Bertz CT molecular complexity index is 581. The molecule has 0 atom stereocenters. The summed E-state index contributed by atoms with van der Waals surface area (Å²) in [5.74, 6) is 2.95. The van der Waals surface area contributed by atoms with Crippen molar-refractivity contribution in [2.24, 2.45) is 4.99 Å². The molecule has 0 saturated carbocycles. The molecule has 3 nitrogen and oxygen atoms in total. The molecule has 0 aliphatic carbocycles. The van der Waals surface area contributed by atoms with Crippen molar-refractivity contribution in [3.63, 3.8) is 0 Å². The molecule has 2 rings (SSSR count). The number of rotatable bonds is 5. The fourth-order valence-corrected chi connectivity index (χ4v) is 2.98. The molecular weight excluding hydrogens is 393 g/mol. The number of aliphatic imine (C=N–C) groups is 1. The minimum atomic E-state index is 0. The van der Waals surface area contributed by atoms with Gasteiger partial charge in [0.1, 0.15) is 0 Å². The molecule has 21 heavy (non-hydrogen) atoms. The Hall–Kier alpha value is -0.950. The van der Waals surface area contributed by atoms with Gasteiger partial charge in [0.15, 0.2) is 5.96 Å². The maximum atomic E-state index is 4.09. The number of benzene rings is 2. The number of fused-ring (bicyclic) bond motifs is 1. The molecule has 2 N–H and O–H groups in total. The summed E-state index contributed by atoms with van der Waals surface area (Å²) in [7, 11) is 3.65. The lowest BCUT2D eigenvalue weighted by atomic mass is 10.1. The molecule has 0 fully saturated rings. The van der Waals surface area contributed by atoms with Crippen LogP contribution in [-0.2, 0) is 5.75 Å². The van der Waals surface area contributed by atoms with Gasteiger partial charge in [-0.25, -0.2) is 0 Å². The average molecular weight is 415 g/mol. The fourth-order valence-electron chi connectivity index (χ4n) is 2.12. The molecule has 5 heteroatoms. The van der Waals surface area contributed by atoms with Crippen LogP contribution in [0.25, 0.3) is 10.8 Å². The van der Waals surface area contributed by atoms with E-state index in [1.807, 2.05) is 18.8 Å². The summed E-state index contributed by atoms with van der Waals surface area (Å²) in [6.45, 7) is 0.920. The van der Waals surface area contributed by atoms with Crippen molar-refractivity contribution < 1.29 is 0 Å². The van der Waals surface area contributed by atoms with Crippen LogP contribution in [0.5, 0.6) is 0 Å². The van der Waals surface area contributed by atoms with Crippen LogP contribution < -0.4 is 10.6 Å². The SMILES string of the molecule is CN=C(NC)NCCSCc1cccc2ccccc12.I. The quantitative estimate of drug-likeness (QED) is 0.340. The number of nitrogens with zero attached hydrogens (tertiary/aromatic N) is 1. The Labute approximate surface area is 148 Å². The maximum absolute atomic E-state index is 4.09. The Morgan fingerprint density at radius 2 is 1.90 bits per heavy atom. The minimum Gasteiger partial charge on any atom is -0.359 e. The standard InChI is InChI=1S/C16H21N3S.HI/c1-17-16(18-2)19-10-11-20-12-14-8-5-7-13-6-3-4-9-15(13)14;/h3-9H,10-12H2,1-2H3,(H2,17,18,19);1H. The second-order valence-electron chi connectivity index (χ2n) is 4.44. The van der Waals surface area contributed by atoms with Gasteiger partial charge in [-0.05, 0) is 16.3 Å². The van der Waals surface area contributed by atoms with Crippen molar-refractivity contribution in [3.8, 4) is 0 Å². The molecule has 0 aromatic heterocycles. The highest BCUT2D eigenvalue weighted by molar-refractivity contribution is 14.0. The fraction of sp³-hybridized carbons (Fsp3) is 0.312. The number of guanidine groups is 1. The third kappa shape index (κ3) is 5.39. The normalized spacial score (nSPS) is 11.0. The van der Waals surface area contributed by atoms with E-state index in [2.05, 4.69) is 58.1 Å². The van der Waals surface area contributed by atoms with Gasteiger partial charge in [-0.2, -0.15) is 11.8 Å². The second kappa shape index (κ2) is 9.89. The van der Waals surface area contributed by atoms with E-state index in [4.69, 9.17) is 0 Å². The third-order valence-corrected chi connectivity index (χ3v) is 4.14. The van der Waals surface area contributed by atoms with E-state index >= 15 is 0 Å². The largest absolute Gasteiger partial charge is 0.359 e. The second-order valence-corrected chi connectivity index (χ2v) is 5.55. The van der Waals surface area contributed by atoms with Crippen molar-refractivity contribution in [2.75, 3.05) is 26.4 Å². The first kappa shape index (κ1) is 18.1. The Balaban J connectivity index is 0.00000220. The van der Waals surface area contributed by atoms with Gasteiger partial charge in [-0.1, -0.05) is 42.5 Å². The number of hydrogen-bond acceptors (Lipinski definition) is 2. The zero-order valence-corrected chi connectivity index (χ0v) is 15.6. The molecule has 2 aromatic rings. The zero-order valence-electron chi connectivity index (χ0n) is 12.4. The van der Waals surface area contributed by atoms with Gasteiger partial charge < -0.3 is 10.6 Å². The lowest BCUT2D eigenvalue weighted by Crippen LogP contribution is -2.35. The predicted molar refractivity (Wildman–Crippen MR) is 106 cm³/mol. The van der Waals surface area contributed by atoms with Crippen molar-refractivity contribution in [1.82, 2.24) is 10.6 Å². The van der Waals surface area contributed by atoms with Crippen LogP contribution in [0.3, 0.4) is 0 Å². The Morgan fingerprint density at radius 3 is 2.67 bits per heavy atom. The summed E-state index contributed by atoms with van der Waals surface area (Å²) in [5, 5.41) is 8.96. The van der Waals surface area contributed by atoms with E-state index in [0.29, 0.717) is 0 Å². The highest BCUT2D eigenvalue weighted by Crippen LogP contribution is 2.22. The highest BCUT2D eigenvalue weighted by atomic mass is 127. The molecule has 0 heterocycles. The molecule has 2 aromatic carbocycles. The monoisotopic (exact) mass is 415 g/mol. The first-order chi connectivity index (χ1) is 9.85. The predicted octanol–water partition coefficient (Wildman–Crippen LogP) is 3.49. The zero-order chi connectivity index (χ0) is 14.2. The van der Waals surface area contributed by atoms with Gasteiger partial charge in [-0.3, -0.25) is 4.99 Å². The maximum Gasteiger partial charge on any atom is 0.190 e. The van der Waals surface area contributed by atoms with Gasteiger partial charge in [0.05, 0.1) is 0 Å². The van der Waals surface area contributed by atoms with E-state index in [-0.39, 0.29) is 24.0 Å². The van der Waals surface area contributed by atoms with Crippen LogP contribution in [0.1, 0.15) is 5.56 Å². The Kier molecular flexibility index (Phi) is 8.52. The number of thioether (sulfide) groups is 1. The van der Waals surface area contributed by atoms with Gasteiger partial charge in [0.2, 0.25) is 0 Å². The number of nitrogens with one attached hydrogen (secondary N) is 2. The van der Waals surface area contributed by atoms with E-state index in [1.165, 1.54) is 16.3 Å². The summed E-state index contributed by atoms with van der Waals surface area (Å²) >= 11 is 1.94. The molecule has 0 bridgehead atoms. The first-order valence-electron chi connectivity index (χ1n) is 6.78. The van der Waals surface area contributed by atoms with Crippen molar-refractivity contribution in [3.05, 3.63) is 48.0 Å². The lowest BCUT2D eigenvalue weighted by molar-refractivity contribution is 0.912. The summed E-state index contributed by atoms with van der Waals surface area (Å²) in [6, 6.07) is 15.1. The molecule has 0 spiro atoms.